The first-order valence-corrected chi connectivity index (χ1v) is 8.25. The monoisotopic (exact) mass is 343 g/mol. The van der Waals surface area contributed by atoms with Crippen LogP contribution >= 0.6 is 11.8 Å². The molecule has 0 aromatic heterocycles. The highest BCUT2D eigenvalue weighted by molar-refractivity contribution is 8.00. The lowest BCUT2D eigenvalue weighted by molar-refractivity contribution is -0.115. The SMILES string of the molecule is C=Cc1cc(N2C(=O)CSC2c2ccc(F)cc2)ccc1C(=O)O. The highest BCUT2D eigenvalue weighted by atomic mass is 32.2. The first-order valence-electron chi connectivity index (χ1n) is 7.20. The predicted molar refractivity (Wildman–Crippen MR) is 92.6 cm³/mol. The van der Waals surface area contributed by atoms with Gasteiger partial charge in [0.05, 0.1) is 11.3 Å². The van der Waals surface area contributed by atoms with E-state index in [1.807, 2.05) is 0 Å². The van der Waals surface area contributed by atoms with Gasteiger partial charge in [0.15, 0.2) is 0 Å². The van der Waals surface area contributed by atoms with Crippen LogP contribution in [-0.2, 0) is 4.79 Å². The summed E-state index contributed by atoms with van der Waals surface area (Å²) in [5.74, 6) is -1.15. The van der Waals surface area contributed by atoms with Gasteiger partial charge in [0.2, 0.25) is 5.91 Å². The van der Waals surface area contributed by atoms with E-state index in [9.17, 15) is 19.1 Å². The number of carboxylic acid groups (broad SMARTS) is 1. The second-order valence-electron chi connectivity index (χ2n) is 5.26. The Morgan fingerprint density at radius 3 is 2.62 bits per heavy atom. The van der Waals surface area contributed by atoms with E-state index in [4.69, 9.17) is 0 Å². The van der Waals surface area contributed by atoms with Crippen LogP contribution in [0.4, 0.5) is 10.1 Å². The molecule has 2 aromatic carbocycles. The summed E-state index contributed by atoms with van der Waals surface area (Å²) in [5, 5.41) is 8.92. The Hall–Kier alpha value is -2.60. The standard InChI is InChI=1S/C18H14FNO3S/c1-2-11-9-14(7-8-15(11)18(22)23)20-16(21)10-24-17(20)12-3-5-13(19)6-4-12/h2-9,17H,1,10H2,(H,22,23). The number of halogens is 1. The summed E-state index contributed by atoms with van der Waals surface area (Å²) < 4.78 is 13.1. The number of hydrogen-bond acceptors (Lipinski definition) is 3. The predicted octanol–water partition coefficient (Wildman–Crippen LogP) is 3.95. The lowest BCUT2D eigenvalue weighted by Crippen LogP contribution is -2.28. The van der Waals surface area contributed by atoms with Crippen LogP contribution in [0.15, 0.2) is 49.0 Å². The summed E-state index contributed by atoms with van der Waals surface area (Å²) in [6.45, 7) is 3.63. The van der Waals surface area contributed by atoms with Gasteiger partial charge in [-0.3, -0.25) is 9.69 Å². The molecule has 0 radical (unpaired) electrons. The third-order valence-corrected chi connectivity index (χ3v) is 5.00. The summed E-state index contributed by atoms with van der Waals surface area (Å²) >= 11 is 1.45. The number of amides is 1. The summed E-state index contributed by atoms with van der Waals surface area (Å²) in [6.07, 6.45) is 1.45. The minimum Gasteiger partial charge on any atom is -0.478 e. The van der Waals surface area contributed by atoms with Crippen LogP contribution < -0.4 is 4.90 Å². The number of benzene rings is 2. The van der Waals surface area contributed by atoms with Crippen molar-refractivity contribution in [3.63, 3.8) is 0 Å². The lowest BCUT2D eigenvalue weighted by Gasteiger charge is -2.25. The number of nitrogens with zero attached hydrogens (tertiary/aromatic N) is 1. The molecule has 1 unspecified atom stereocenters. The molecular formula is C18H14FNO3S. The van der Waals surface area contributed by atoms with Crippen molar-refractivity contribution in [2.75, 3.05) is 10.7 Å². The molecule has 1 aliphatic rings. The van der Waals surface area contributed by atoms with Crippen molar-refractivity contribution in [1.82, 2.24) is 0 Å². The van der Waals surface area contributed by atoms with Crippen molar-refractivity contribution in [1.29, 1.82) is 0 Å². The van der Waals surface area contributed by atoms with Gasteiger partial charge >= 0.3 is 5.97 Å². The molecule has 1 atom stereocenters. The van der Waals surface area contributed by atoms with Gasteiger partial charge < -0.3 is 5.11 Å². The summed E-state index contributed by atoms with van der Waals surface area (Å²) in [6, 6.07) is 10.7. The maximum absolute atomic E-state index is 13.1. The molecule has 122 valence electrons. The number of hydrogen-bond donors (Lipinski definition) is 1. The van der Waals surface area contributed by atoms with E-state index in [0.717, 1.165) is 5.56 Å². The third-order valence-electron chi connectivity index (χ3n) is 3.79. The third kappa shape index (κ3) is 2.92. The largest absolute Gasteiger partial charge is 0.478 e. The van der Waals surface area contributed by atoms with Gasteiger partial charge in [-0.25, -0.2) is 9.18 Å². The molecule has 2 aromatic rings. The van der Waals surface area contributed by atoms with E-state index in [0.29, 0.717) is 17.0 Å². The lowest BCUT2D eigenvalue weighted by atomic mass is 10.1. The Morgan fingerprint density at radius 1 is 1.29 bits per heavy atom. The maximum atomic E-state index is 13.1. The van der Waals surface area contributed by atoms with Crippen LogP contribution in [0.3, 0.4) is 0 Å². The zero-order chi connectivity index (χ0) is 17.3. The van der Waals surface area contributed by atoms with E-state index in [2.05, 4.69) is 6.58 Å². The zero-order valence-corrected chi connectivity index (χ0v) is 13.4. The molecule has 6 heteroatoms. The molecule has 0 spiro atoms. The topological polar surface area (TPSA) is 57.6 Å². The highest BCUT2D eigenvalue weighted by Gasteiger charge is 2.34. The fourth-order valence-electron chi connectivity index (χ4n) is 2.64. The Balaban J connectivity index is 2.02. The summed E-state index contributed by atoms with van der Waals surface area (Å²) in [7, 11) is 0. The second-order valence-corrected chi connectivity index (χ2v) is 6.33. The van der Waals surface area contributed by atoms with Gasteiger partial charge in [-0.1, -0.05) is 24.8 Å². The molecule has 0 saturated carbocycles. The van der Waals surface area contributed by atoms with Crippen molar-refractivity contribution < 1.29 is 19.1 Å². The number of carboxylic acids is 1. The van der Waals surface area contributed by atoms with E-state index in [1.165, 1.54) is 36.0 Å². The molecule has 1 amide bonds. The highest BCUT2D eigenvalue weighted by Crippen LogP contribution is 2.42. The van der Waals surface area contributed by atoms with E-state index in [-0.39, 0.29) is 22.7 Å². The number of anilines is 1. The molecular weight excluding hydrogens is 329 g/mol. The average Bonchev–Trinajstić information content (AvgIpc) is 2.96. The fraction of sp³-hybridized carbons (Fsp3) is 0.111. The van der Waals surface area contributed by atoms with Crippen LogP contribution in [0.5, 0.6) is 0 Å². The van der Waals surface area contributed by atoms with Crippen molar-refractivity contribution >= 4 is 35.4 Å². The first kappa shape index (κ1) is 16.3. The van der Waals surface area contributed by atoms with Crippen molar-refractivity contribution in [3.8, 4) is 0 Å². The van der Waals surface area contributed by atoms with Gasteiger partial charge in [0, 0.05) is 5.69 Å². The van der Waals surface area contributed by atoms with Gasteiger partial charge in [-0.15, -0.1) is 11.8 Å². The van der Waals surface area contributed by atoms with E-state index < -0.39 is 5.97 Å². The molecule has 3 rings (SSSR count). The number of carbonyl (C=O) groups is 2. The van der Waals surface area contributed by atoms with E-state index in [1.54, 1.807) is 29.2 Å². The van der Waals surface area contributed by atoms with Gasteiger partial charge in [-0.05, 0) is 41.5 Å². The quantitative estimate of drug-likeness (QED) is 0.913. The van der Waals surface area contributed by atoms with Crippen LogP contribution in [0.1, 0.15) is 26.9 Å². The van der Waals surface area contributed by atoms with Gasteiger partial charge in [0.25, 0.3) is 0 Å². The van der Waals surface area contributed by atoms with Crippen LogP contribution in [-0.4, -0.2) is 22.7 Å². The number of aromatic carboxylic acids is 1. The number of carbonyl (C=O) groups excluding carboxylic acids is 1. The second kappa shape index (κ2) is 6.49. The van der Waals surface area contributed by atoms with Crippen molar-refractivity contribution in [3.05, 3.63) is 71.6 Å². The van der Waals surface area contributed by atoms with Gasteiger partial charge in [-0.2, -0.15) is 0 Å². The molecule has 1 N–H and O–H groups in total. The molecule has 24 heavy (non-hydrogen) atoms. The normalized spacial score (nSPS) is 17.1. The van der Waals surface area contributed by atoms with Crippen LogP contribution in [0, 0.1) is 5.82 Å². The molecule has 0 aliphatic carbocycles. The van der Waals surface area contributed by atoms with Crippen LogP contribution in [0.2, 0.25) is 0 Å². The Bertz CT molecular complexity index is 820. The fourth-order valence-corrected chi connectivity index (χ4v) is 3.82. The molecule has 0 bridgehead atoms. The summed E-state index contributed by atoms with van der Waals surface area (Å²) in [5.41, 5.74) is 1.99. The molecule has 1 heterocycles. The minimum atomic E-state index is -1.05. The average molecular weight is 343 g/mol. The first-order chi connectivity index (χ1) is 11.5. The molecule has 1 saturated heterocycles. The van der Waals surface area contributed by atoms with Crippen LogP contribution in [0.25, 0.3) is 6.08 Å². The Morgan fingerprint density at radius 2 is 2.00 bits per heavy atom. The zero-order valence-electron chi connectivity index (χ0n) is 12.6. The molecule has 1 fully saturated rings. The van der Waals surface area contributed by atoms with Crippen molar-refractivity contribution in [2.45, 2.75) is 5.37 Å². The van der Waals surface area contributed by atoms with Gasteiger partial charge in [0.1, 0.15) is 11.2 Å². The minimum absolute atomic E-state index is 0.0765. The smallest absolute Gasteiger partial charge is 0.336 e. The number of rotatable bonds is 4. The number of thioether (sulfide) groups is 1. The molecule has 4 nitrogen and oxygen atoms in total. The Labute approximate surface area is 142 Å². The summed E-state index contributed by atoms with van der Waals surface area (Å²) in [4.78, 5) is 25.2. The van der Waals surface area contributed by atoms with E-state index >= 15 is 0 Å². The Kier molecular flexibility index (Phi) is 4.40. The molecule has 1 aliphatic heterocycles. The van der Waals surface area contributed by atoms with Crippen molar-refractivity contribution in [2.24, 2.45) is 0 Å². The maximum Gasteiger partial charge on any atom is 0.336 e.